The van der Waals surface area contributed by atoms with Gasteiger partial charge in [-0.05, 0) is 19.3 Å². The molecule has 3 aliphatic rings. The van der Waals surface area contributed by atoms with Crippen LogP contribution in [-0.2, 0) is 4.74 Å². The second-order valence-corrected chi connectivity index (χ2v) is 7.92. The Bertz CT molecular complexity index is 277. The van der Waals surface area contributed by atoms with Crippen molar-refractivity contribution in [2.45, 2.75) is 37.5 Å². The summed E-state index contributed by atoms with van der Waals surface area (Å²) in [7, 11) is 0. The summed E-state index contributed by atoms with van der Waals surface area (Å²) in [6, 6.07) is 0.818. The van der Waals surface area contributed by atoms with Gasteiger partial charge < -0.3 is 15.0 Å². The van der Waals surface area contributed by atoms with Gasteiger partial charge >= 0.3 is 0 Å². The molecule has 2 aliphatic heterocycles. The summed E-state index contributed by atoms with van der Waals surface area (Å²) in [5, 5.41) is 4.53. The number of rotatable bonds is 5. The molecule has 0 radical (unpaired) electrons. The summed E-state index contributed by atoms with van der Waals surface area (Å²) < 4.78 is 5.71. The fourth-order valence-corrected chi connectivity index (χ4v) is 4.21. The fraction of sp³-hybridized carbons (Fsp3) is 1.00. The van der Waals surface area contributed by atoms with Gasteiger partial charge in [-0.1, -0.05) is 6.92 Å². The molecule has 0 spiro atoms. The first-order valence-corrected chi connectivity index (χ1v) is 8.46. The van der Waals surface area contributed by atoms with E-state index in [1.165, 1.54) is 44.6 Å². The van der Waals surface area contributed by atoms with E-state index in [1.807, 2.05) is 0 Å². The van der Waals surface area contributed by atoms with Crippen molar-refractivity contribution < 1.29 is 4.74 Å². The van der Waals surface area contributed by atoms with Gasteiger partial charge in [0.25, 0.3) is 0 Å². The van der Waals surface area contributed by atoms with E-state index in [1.54, 1.807) is 0 Å². The standard InChI is InChI=1S/C14H26N2OS/c1-12-8-16(5-7-18-12)10-14(4-6-17-11-14)9-15-13-2-3-13/h12-13,15H,2-11H2,1H3. The molecular formula is C14H26N2OS. The smallest absolute Gasteiger partial charge is 0.0547 e. The normalized spacial score (nSPS) is 38.2. The molecule has 0 bridgehead atoms. The van der Waals surface area contributed by atoms with E-state index in [0.29, 0.717) is 5.41 Å². The van der Waals surface area contributed by atoms with Crippen LogP contribution < -0.4 is 5.32 Å². The summed E-state index contributed by atoms with van der Waals surface area (Å²) in [6.45, 7) is 9.20. The highest BCUT2D eigenvalue weighted by Gasteiger charge is 2.38. The van der Waals surface area contributed by atoms with Gasteiger partial charge in [0.15, 0.2) is 0 Å². The van der Waals surface area contributed by atoms with E-state index in [4.69, 9.17) is 4.74 Å². The van der Waals surface area contributed by atoms with E-state index in [9.17, 15) is 0 Å². The molecular weight excluding hydrogens is 244 g/mol. The Morgan fingerprint density at radius 3 is 3.00 bits per heavy atom. The van der Waals surface area contributed by atoms with Gasteiger partial charge in [-0.3, -0.25) is 0 Å². The Kier molecular flexibility index (Phi) is 4.18. The number of nitrogens with zero attached hydrogens (tertiary/aromatic N) is 1. The number of ether oxygens (including phenoxy) is 1. The summed E-state index contributed by atoms with van der Waals surface area (Å²) in [4.78, 5) is 2.67. The Hall–Kier alpha value is 0.230. The molecule has 0 amide bonds. The van der Waals surface area contributed by atoms with Crippen molar-refractivity contribution in [3.63, 3.8) is 0 Å². The van der Waals surface area contributed by atoms with Crippen LogP contribution in [0.25, 0.3) is 0 Å². The maximum Gasteiger partial charge on any atom is 0.0547 e. The van der Waals surface area contributed by atoms with Crippen molar-refractivity contribution in [1.82, 2.24) is 10.2 Å². The lowest BCUT2D eigenvalue weighted by atomic mass is 9.86. The predicted octanol–water partition coefficient (Wildman–Crippen LogP) is 1.58. The van der Waals surface area contributed by atoms with E-state index in [-0.39, 0.29) is 0 Å². The van der Waals surface area contributed by atoms with Crippen LogP contribution in [0.4, 0.5) is 0 Å². The minimum atomic E-state index is 0.393. The van der Waals surface area contributed by atoms with Crippen LogP contribution in [0.15, 0.2) is 0 Å². The highest BCUT2D eigenvalue weighted by Crippen LogP contribution is 2.32. The van der Waals surface area contributed by atoms with Gasteiger partial charge in [0.2, 0.25) is 0 Å². The Morgan fingerprint density at radius 1 is 1.44 bits per heavy atom. The number of hydrogen-bond acceptors (Lipinski definition) is 4. The lowest BCUT2D eigenvalue weighted by Gasteiger charge is -2.38. The third-order valence-corrected chi connectivity index (χ3v) is 5.55. The maximum absolute atomic E-state index is 5.71. The number of nitrogens with one attached hydrogen (secondary N) is 1. The Morgan fingerprint density at radius 2 is 2.33 bits per heavy atom. The summed E-state index contributed by atoms with van der Waals surface area (Å²) >= 11 is 2.12. The molecule has 1 aliphatic carbocycles. The van der Waals surface area contributed by atoms with Crippen molar-refractivity contribution in [3.05, 3.63) is 0 Å². The van der Waals surface area contributed by atoms with Crippen LogP contribution in [-0.4, -0.2) is 61.3 Å². The van der Waals surface area contributed by atoms with Crippen LogP contribution >= 0.6 is 11.8 Å². The van der Waals surface area contributed by atoms with E-state index >= 15 is 0 Å². The molecule has 1 saturated carbocycles. The SMILES string of the molecule is CC1CN(CC2(CNC3CC3)CCOC2)CCS1. The molecule has 0 aromatic carbocycles. The van der Waals surface area contributed by atoms with Gasteiger partial charge in [0.1, 0.15) is 0 Å². The molecule has 3 rings (SSSR count). The van der Waals surface area contributed by atoms with Crippen LogP contribution in [0.3, 0.4) is 0 Å². The molecule has 3 nitrogen and oxygen atoms in total. The topological polar surface area (TPSA) is 24.5 Å². The summed E-state index contributed by atoms with van der Waals surface area (Å²) in [5.41, 5.74) is 0.393. The van der Waals surface area contributed by atoms with Crippen molar-refractivity contribution in [2.24, 2.45) is 5.41 Å². The van der Waals surface area contributed by atoms with Gasteiger partial charge in [-0.2, -0.15) is 11.8 Å². The molecule has 2 heterocycles. The van der Waals surface area contributed by atoms with Gasteiger partial charge in [0.05, 0.1) is 6.61 Å². The molecule has 4 heteroatoms. The molecule has 0 aromatic heterocycles. The van der Waals surface area contributed by atoms with Crippen molar-refractivity contribution in [2.75, 3.05) is 45.1 Å². The van der Waals surface area contributed by atoms with Gasteiger partial charge in [-0.15, -0.1) is 0 Å². The molecule has 0 aromatic rings. The van der Waals surface area contributed by atoms with Crippen LogP contribution in [0.2, 0.25) is 0 Å². The third kappa shape index (κ3) is 3.41. The third-order valence-electron chi connectivity index (χ3n) is 4.41. The monoisotopic (exact) mass is 270 g/mol. The molecule has 1 N–H and O–H groups in total. The fourth-order valence-electron chi connectivity index (χ4n) is 3.13. The highest BCUT2D eigenvalue weighted by molar-refractivity contribution is 7.99. The quantitative estimate of drug-likeness (QED) is 0.820. The predicted molar refractivity (Wildman–Crippen MR) is 77.3 cm³/mol. The zero-order chi connectivity index (χ0) is 12.4. The number of thioether (sulfide) groups is 1. The average molecular weight is 270 g/mol. The zero-order valence-electron chi connectivity index (χ0n) is 11.5. The first-order valence-electron chi connectivity index (χ1n) is 7.41. The van der Waals surface area contributed by atoms with E-state index < -0.39 is 0 Å². The van der Waals surface area contributed by atoms with Crippen LogP contribution in [0, 0.1) is 5.41 Å². The van der Waals surface area contributed by atoms with Crippen LogP contribution in [0.5, 0.6) is 0 Å². The maximum atomic E-state index is 5.71. The zero-order valence-corrected chi connectivity index (χ0v) is 12.3. The highest BCUT2D eigenvalue weighted by atomic mass is 32.2. The van der Waals surface area contributed by atoms with Crippen LogP contribution in [0.1, 0.15) is 26.2 Å². The molecule has 18 heavy (non-hydrogen) atoms. The van der Waals surface area contributed by atoms with E-state index in [2.05, 4.69) is 28.9 Å². The Labute approximate surface area is 115 Å². The molecule has 2 atom stereocenters. The van der Waals surface area contributed by atoms with Crippen molar-refractivity contribution >= 4 is 11.8 Å². The number of hydrogen-bond donors (Lipinski definition) is 1. The largest absolute Gasteiger partial charge is 0.381 e. The lowest BCUT2D eigenvalue weighted by Crippen LogP contribution is -2.48. The Balaban J connectivity index is 1.54. The van der Waals surface area contributed by atoms with Crippen molar-refractivity contribution in [1.29, 1.82) is 0 Å². The molecule has 3 fully saturated rings. The first-order chi connectivity index (χ1) is 8.76. The second-order valence-electron chi connectivity index (χ2n) is 6.37. The molecule has 2 unspecified atom stereocenters. The van der Waals surface area contributed by atoms with Gasteiger partial charge in [-0.25, -0.2) is 0 Å². The molecule has 2 saturated heterocycles. The second kappa shape index (κ2) is 5.70. The van der Waals surface area contributed by atoms with Crippen molar-refractivity contribution in [3.8, 4) is 0 Å². The first kappa shape index (κ1) is 13.2. The van der Waals surface area contributed by atoms with E-state index in [0.717, 1.165) is 31.1 Å². The molecule has 104 valence electrons. The summed E-state index contributed by atoms with van der Waals surface area (Å²) in [5.74, 6) is 1.30. The minimum absolute atomic E-state index is 0.393. The van der Waals surface area contributed by atoms with Gasteiger partial charge in [0, 0.05) is 55.2 Å². The lowest BCUT2D eigenvalue weighted by molar-refractivity contribution is 0.110. The summed E-state index contributed by atoms with van der Waals surface area (Å²) in [6.07, 6.45) is 4.01. The average Bonchev–Trinajstić information content (AvgIpc) is 3.08. The minimum Gasteiger partial charge on any atom is -0.381 e.